The smallest absolute Gasteiger partial charge is 0.137 e. The minimum absolute atomic E-state index is 0.217. The quantitative estimate of drug-likeness (QED) is 0.163. The predicted molar refractivity (Wildman–Crippen MR) is 249 cm³/mol. The Hall–Kier alpha value is -7.42. The fraction of sp³-hybridized carbons (Fsp3) is 0.0526. The van der Waals surface area contributed by atoms with E-state index in [9.17, 15) is 0 Å². The normalized spacial score (nSPS) is 13.1. The van der Waals surface area contributed by atoms with Crippen LogP contribution in [0.2, 0.25) is 0 Å². The number of anilines is 3. The molecule has 2 heteroatoms. The van der Waals surface area contributed by atoms with E-state index >= 15 is 0 Å². The van der Waals surface area contributed by atoms with E-state index in [1.807, 2.05) is 12.1 Å². The molecule has 10 aromatic carbocycles. The van der Waals surface area contributed by atoms with Crippen LogP contribution in [-0.2, 0) is 5.41 Å². The van der Waals surface area contributed by atoms with Gasteiger partial charge in [-0.05, 0) is 131 Å². The van der Waals surface area contributed by atoms with Gasteiger partial charge in [-0.25, -0.2) is 0 Å². The summed E-state index contributed by atoms with van der Waals surface area (Å²) in [5, 5.41) is 10.1. The van der Waals surface area contributed by atoms with Gasteiger partial charge < -0.3 is 9.32 Å². The van der Waals surface area contributed by atoms with E-state index in [1.165, 1.54) is 76.8 Å². The Morgan fingerprint density at radius 2 is 0.780 bits per heavy atom. The van der Waals surface area contributed by atoms with E-state index < -0.39 is 0 Å². The molecule has 0 atom stereocenters. The minimum Gasteiger partial charge on any atom is -0.456 e. The van der Waals surface area contributed by atoms with Crippen LogP contribution in [0.25, 0.3) is 87.6 Å². The summed E-state index contributed by atoms with van der Waals surface area (Å²) in [4.78, 5) is 2.38. The predicted octanol–water partition coefficient (Wildman–Crippen LogP) is 16.2. The van der Waals surface area contributed by atoms with Gasteiger partial charge in [-0.1, -0.05) is 153 Å². The summed E-state index contributed by atoms with van der Waals surface area (Å²) < 4.78 is 6.45. The van der Waals surface area contributed by atoms with Crippen molar-refractivity contribution < 1.29 is 4.42 Å². The van der Waals surface area contributed by atoms with Gasteiger partial charge in [0, 0.05) is 39.3 Å². The van der Waals surface area contributed by atoms with Crippen LogP contribution < -0.4 is 4.90 Å². The molecule has 0 fully saturated rings. The number of hydrogen-bond acceptors (Lipinski definition) is 2. The first kappa shape index (κ1) is 33.7. The highest BCUT2D eigenvalue weighted by atomic mass is 16.3. The first-order valence-electron chi connectivity index (χ1n) is 20.5. The molecule has 2 nitrogen and oxygen atoms in total. The molecule has 0 aliphatic heterocycles. The average Bonchev–Trinajstić information content (AvgIpc) is 3.77. The molecule has 0 saturated heterocycles. The summed E-state index contributed by atoms with van der Waals surface area (Å²) in [6.07, 6.45) is 0. The van der Waals surface area contributed by atoms with E-state index in [2.05, 4.69) is 207 Å². The van der Waals surface area contributed by atoms with Crippen molar-refractivity contribution in [2.45, 2.75) is 19.3 Å². The topological polar surface area (TPSA) is 16.4 Å². The summed E-state index contributed by atoms with van der Waals surface area (Å²) in [5.74, 6) is 0. The molecule has 0 bridgehead atoms. The lowest BCUT2D eigenvalue weighted by atomic mass is 9.81. The maximum absolute atomic E-state index is 6.45. The van der Waals surface area contributed by atoms with Crippen molar-refractivity contribution in [3.05, 3.63) is 211 Å². The molecule has 0 saturated carbocycles. The Morgan fingerprint density at radius 3 is 1.44 bits per heavy atom. The Labute approximate surface area is 343 Å². The highest BCUT2D eigenvalue weighted by Gasteiger charge is 2.37. The summed E-state index contributed by atoms with van der Waals surface area (Å²) in [7, 11) is 0. The molecule has 0 unspecified atom stereocenters. The van der Waals surface area contributed by atoms with Crippen molar-refractivity contribution in [3.63, 3.8) is 0 Å². The molecule has 1 heterocycles. The van der Waals surface area contributed by atoms with Gasteiger partial charge in [0.1, 0.15) is 11.2 Å². The van der Waals surface area contributed by atoms with E-state index in [4.69, 9.17) is 4.42 Å². The second-order valence-electron chi connectivity index (χ2n) is 16.5. The third-order valence-electron chi connectivity index (χ3n) is 12.9. The van der Waals surface area contributed by atoms with Crippen molar-refractivity contribution in [2.24, 2.45) is 0 Å². The van der Waals surface area contributed by atoms with Gasteiger partial charge in [0.15, 0.2) is 0 Å². The molecule has 0 amide bonds. The molecule has 11 aromatic rings. The van der Waals surface area contributed by atoms with Crippen LogP contribution in [-0.4, -0.2) is 0 Å². The Balaban J connectivity index is 0.999. The van der Waals surface area contributed by atoms with E-state index in [-0.39, 0.29) is 5.41 Å². The maximum atomic E-state index is 6.45. The third-order valence-corrected chi connectivity index (χ3v) is 12.9. The number of nitrogens with zero attached hydrogens (tertiary/aromatic N) is 1. The molecule has 59 heavy (non-hydrogen) atoms. The van der Waals surface area contributed by atoms with Crippen molar-refractivity contribution >= 4 is 71.3 Å². The van der Waals surface area contributed by atoms with Gasteiger partial charge in [-0.3, -0.25) is 0 Å². The van der Waals surface area contributed by atoms with Crippen molar-refractivity contribution in [2.75, 3.05) is 4.90 Å². The fourth-order valence-electron chi connectivity index (χ4n) is 9.85. The van der Waals surface area contributed by atoms with Crippen molar-refractivity contribution in [3.8, 4) is 33.4 Å². The van der Waals surface area contributed by atoms with Crippen molar-refractivity contribution in [1.82, 2.24) is 0 Å². The lowest BCUT2D eigenvalue weighted by Crippen LogP contribution is -2.16. The van der Waals surface area contributed by atoms with E-state index in [0.717, 1.165) is 39.0 Å². The molecular formula is C57H39NO. The number of fused-ring (bicyclic) bond motifs is 12. The zero-order chi connectivity index (χ0) is 39.2. The van der Waals surface area contributed by atoms with Gasteiger partial charge in [-0.2, -0.15) is 0 Å². The standard InChI is InChI=1S/C57H39NO/c1-57(2)53-32-41(28-30-47(53)52-34-50-45-16-8-6-14-43(45)44-15-7-9-17-46(44)51(50)35-54(52)57)58(42-29-31-49-48-18-10-11-19-55(48)59-56(49)33-42)40-26-24-39(25-27-40)38-22-20-37(21-23-38)36-12-4-3-5-13-36/h3-35H,1-2H3. The summed E-state index contributed by atoms with van der Waals surface area (Å²) in [6.45, 7) is 4.78. The van der Waals surface area contributed by atoms with Crippen LogP contribution in [0.4, 0.5) is 17.1 Å². The van der Waals surface area contributed by atoms with Gasteiger partial charge >= 0.3 is 0 Å². The molecule has 0 spiro atoms. The number of rotatable bonds is 5. The van der Waals surface area contributed by atoms with Gasteiger partial charge in [0.2, 0.25) is 0 Å². The van der Waals surface area contributed by atoms with Crippen LogP contribution >= 0.6 is 0 Å². The summed E-state index contributed by atoms with van der Waals surface area (Å²) >= 11 is 0. The monoisotopic (exact) mass is 753 g/mol. The highest BCUT2D eigenvalue weighted by Crippen LogP contribution is 2.53. The second-order valence-corrected chi connectivity index (χ2v) is 16.5. The summed E-state index contributed by atoms with van der Waals surface area (Å²) in [5.41, 5.74) is 14.9. The fourth-order valence-corrected chi connectivity index (χ4v) is 9.85. The van der Waals surface area contributed by atoms with Gasteiger partial charge in [-0.15, -0.1) is 0 Å². The van der Waals surface area contributed by atoms with Gasteiger partial charge in [0.25, 0.3) is 0 Å². The number of furan rings is 1. The van der Waals surface area contributed by atoms with Crippen LogP contribution in [0.3, 0.4) is 0 Å². The van der Waals surface area contributed by atoms with Crippen LogP contribution in [0, 0.1) is 0 Å². The van der Waals surface area contributed by atoms with Crippen LogP contribution in [0.1, 0.15) is 25.0 Å². The van der Waals surface area contributed by atoms with Crippen LogP contribution in [0.5, 0.6) is 0 Å². The lowest BCUT2D eigenvalue weighted by Gasteiger charge is -2.28. The zero-order valence-corrected chi connectivity index (χ0v) is 32.9. The molecule has 1 aromatic heterocycles. The highest BCUT2D eigenvalue weighted by molar-refractivity contribution is 6.26. The molecule has 12 rings (SSSR count). The molecule has 1 aliphatic carbocycles. The lowest BCUT2D eigenvalue weighted by molar-refractivity contribution is 0.661. The number of hydrogen-bond donors (Lipinski definition) is 0. The molecule has 1 aliphatic rings. The first-order valence-corrected chi connectivity index (χ1v) is 20.5. The van der Waals surface area contributed by atoms with Gasteiger partial charge in [0.05, 0.1) is 0 Å². The Bertz CT molecular complexity index is 3450. The molecule has 0 N–H and O–H groups in total. The number of para-hydroxylation sites is 1. The minimum atomic E-state index is -0.217. The molecular weight excluding hydrogens is 715 g/mol. The SMILES string of the molecule is CC1(C)c2cc(N(c3ccc(-c4ccc(-c5ccccc5)cc4)cc3)c3ccc4c(c3)oc3ccccc34)ccc2-c2cc3c4ccccc4c4ccccc4c3cc21. The average molecular weight is 754 g/mol. The summed E-state index contributed by atoms with van der Waals surface area (Å²) in [6, 6.07) is 73.1. The Morgan fingerprint density at radius 1 is 0.322 bits per heavy atom. The Kier molecular flexibility index (Phi) is 7.31. The third kappa shape index (κ3) is 5.20. The molecule has 278 valence electrons. The zero-order valence-electron chi connectivity index (χ0n) is 32.9. The van der Waals surface area contributed by atoms with Crippen molar-refractivity contribution in [1.29, 1.82) is 0 Å². The van der Waals surface area contributed by atoms with E-state index in [0.29, 0.717) is 0 Å². The second kappa shape index (κ2) is 12.8. The first-order chi connectivity index (χ1) is 29.0. The van der Waals surface area contributed by atoms with Crippen LogP contribution in [0.15, 0.2) is 205 Å². The number of benzene rings is 10. The maximum Gasteiger partial charge on any atom is 0.137 e. The van der Waals surface area contributed by atoms with E-state index in [1.54, 1.807) is 0 Å². The molecule has 0 radical (unpaired) electrons. The largest absolute Gasteiger partial charge is 0.456 e.